The number of nitrogens with zero attached hydrogens (tertiary/aromatic N) is 3. The largest absolute Gasteiger partial charge is 0.391 e. The number of halogens is 1. The van der Waals surface area contributed by atoms with Gasteiger partial charge in [0.15, 0.2) is 0 Å². The lowest BCUT2D eigenvalue weighted by molar-refractivity contribution is -0.115. The fourth-order valence-corrected chi connectivity index (χ4v) is 7.48. The van der Waals surface area contributed by atoms with Crippen LogP contribution in [0.4, 0.5) is 10.2 Å². The van der Waals surface area contributed by atoms with Gasteiger partial charge in [0.05, 0.1) is 18.3 Å². The smallest absolute Gasteiger partial charge is 0.254 e. The van der Waals surface area contributed by atoms with Gasteiger partial charge in [-0.1, -0.05) is 6.07 Å². The van der Waals surface area contributed by atoms with E-state index in [-0.39, 0.29) is 17.4 Å². The van der Waals surface area contributed by atoms with Gasteiger partial charge in [0, 0.05) is 24.2 Å². The molecule has 7 rings (SSSR count). The Morgan fingerprint density at radius 2 is 1.91 bits per heavy atom. The molecule has 0 saturated heterocycles. The number of benzene rings is 1. The van der Waals surface area contributed by atoms with Crippen LogP contribution in [-0.2, 0) is 13.0 Å². The third-order valence-corrected chi connectivity index (χ3v) is 8.62. The first kappa shape index (κ1) is 21.0. The quantitative estimate of drug-likeness (QED) is 0.725. The fraction of sp³-hybridized carbons (Fsp3) is 0.577. The Balaban J connectivity index is 1.14. The number of aliphatic hydroxyl groups is 1. The van der Waals surface area contributed by atoms with Crippen LogP contribution in [0.5, 0.6) is 0 Å². The van der Waals surface area contributed by atoms with Crippen LogP contribution in [0.1, 0.15) is 60.1 Å². The van der Waals surface area contributed by atoms with Crippen molar-refractivity contribution >= 4 is 11.7 Å². The summed E-state index contributed by atoms with van der Waals surface area (Å²) in [6.07, 6.45) is 9.38. The lowest BCUT2D eigenvalue weighted by Crippen LogP contribution is -2.53. The number of amides is 1. The molecule has 33 heavy (non-hydrogen) atoms. The van der Waals surface area contributed by atoms with Crippen LogP contribution in [0.15, 0.2) is 30.6 Å². The molecule has 1 amide bonds. The number of hydrogen-bond acceptors (Lipinski definition) is 5. The van der Waals surface area contributed by atoms with Gasteiger partial charge in [-0.25, -0.2) is 14.4 Å². The van der Waals surface area contributed by atoms with Gasteiger partial charge in [0.2, 0.25) is 0 Å². The van der Waals surface area contributed by atoms with E-state index in [1.54, 1.807) is 17.0 Å². The Labute approximate surface area is 193 Å². The second kappa shape index (κ2) is 8.05. The molecule has 1 aromatic heterocycles. The summed E-state index contributed by atoms with van der Waals surface area (Å²) in [6.45, 7) is 1.41. The molecule has 1 aromatic carbocycles. The molecule has 4 bridgehead atoms. The molecule has 2 aromatic rings. The molecule has 2 N–H and O–H groups in total. The Kier molecular flexibility index (Phi) is 5.13. The maximum absolute atomic E-state index is 13.6. The summed E-state index contributed by atoms with van der Waals surface area (Å²) < 4.78 is 13.6. The van der Waals surface area contributed by atoms with Crippen molar-refractivity contribution in [2.75, 3.05) is 18.4 Å². The summed E-state index contributed by atoms with van der Waals surface area (Å²) in [5.41, 5.74) is 2.25. The van der Waals surface area contributed by atoms with Gasteiger partial charge in [-0.2, -0.15) is 0 Å². The molecule has 2 heterocycles. The molecule has 7 heteroatoms. The van der Waals surface area contributed by atoms with E-state index < -0.39 is 5.82 Å². The first-order valence-electron chi connectivity index (χ1n) is 12.3. The van der Waals surface area contributed by atoms with Crippen LogP contribution in [0, 0.1) is 29.0 Å². The van der Waals surface area contributed by atoms with Crippen molar-refractivity contribution in [3.05, 3.63) is 53.2 Å². The molecule has 4 aliphatic carbocycles. The van der Waals surface area contributed by atoms with Crippen LogP contribution >= 0.6 is 0 Å². The summed E-state index contributed by atoms with van der Waals surface area (Å²) in [5.74, 6) is 2.58. The minimum absolute atomic E-state index is 0.0724. The average Bonchev–Trinajstić information content (AvgIpc) is 2.80. The maximum atomic E-state index is 13.6. The second-order valence-electron chi connectivity index (χ2n) is 10.8. The highest BCUT2D eigenvalue weighted by molar-refractivity contribution is 5.94. The molecule has 1 unspecified atom stereocenters. The molecule has 1 atom stereocenters. The molecule has 0 spiro atoms. The van der Waals surface area contributed by atoms with E-state index >= 15 is 0 Å². The Hall–Kier alpha value is -2.54. The molecule has 1 aliphatic heterocycles. The van der Waals surface area contributed by atoms with Crippen LogP contribution in [0.3, 0.4) is 0 Å². The van der Waals surface area contributed by atoms with E-state index in [0.717, 1.165) is 34.8 Å². The molecule has 4 fully saturated rings. The summed E-state index contributed by atoms with van der Waals surface area (Å²) in [4.78, 5) is 23.4. The van der Waals surface area contributed by atoms with Crippen molar-refractivity contribution in [2.24, 2.45) is 23.2 Å². The van der Waals surface area contributed by atoms with E-state index in [9.17, 15) is 14.3 Å². The molecule has 4 saturated carbocycles. The second-order valence-corrected chi connectivity index (χ2v) is 10.8. The van der Waals surface area contributed by atoms with E-state index in [4.69, 9.17) is 0 Å². The van der Waals surface area contributed by atoms with Gasteiger partial charge in [0.25, 0.3) is 5.91 Å². The predicted molar refractivity (Wildman–Crippen MR) is 122 cm³/mol. The van der Waals surface area contributed by atoms with Gasteiger partial charge >= 0.3 is 0 Å². The number of aromatic nitrogens is 2. The summed E-state index contributed by atoms with van der Waals surface area (Å²) in [7, 11) is 0. The first-order valence-corrected chi connectivity index (χ1v) is 12.3. The zero-order valence-corrected chi connectivity index (χ0v) is 18.8. The zero-order chi connectivity index (χ0) is 22.6. The van der Waals surface area contributed by atoms with Crippen molar-refractivity contribution in [3.8, 4) is 0 Å². The van der Waals surface area contributed by atoms with E-state index in [1.807, 2.05) is 0 Å². The van der Waals surface area contributed by atoms with E-state index in [2.05, 4.69) is 15.3 Å². The summed E-state index contributed by atoms with van der Waals surface area (Å²) >= 11 is 0. The molecule has 0 radical (unpaired) electrons. The monoisotopic (exact) mass is 450 g/mol. The van der Waals surface area contributed by atoms with Crippen molar-refractivity contribution in [2.45, 2.75) is 57.6 Å². The van der Waals surface area contributed by atoms with Gasteiger partial charge < -0.3 is 15.3 Å². The Morgan fingerprint density at radius 3 is 2.61 bits per heavy atom. The fourth-order valence-electron chi connectivity index (χ4n) is 7.48. The average molecular weight is 451 g/mol. The van der Waals surface area contributed by atoms with Gasteiger partial charge in [-0.05, 0) is 86.3 Å². The van der Waals surface area contributed by atoms with Crippen LogP contribution < -0.4 is 5.32 Å². The lowest BCUT2D eigenvalue weighted by atomic mass is 9.48. The highest BCUT2D eigenvalue weighted by Crippen LogP contribution is 2.61. The first-order chi connectivity index (χ1) is 16.0. The highest BCUT2D eigenvalue weighted by Gasteiger charge is 2.53. The number of hydrogen-bond donors (Lipinski definition) is 2. The Morgan fingerprint density at radius 1 is 1.18 bits per heavy atom. The maximum Gasteiger partial charge on any atom is 0.254 e. The van der Waals surface area contributed by atoms with Gasteiger partial charge in [0.1, 0.15) is 18.0 Å². The minimum Gasteiger partial charge on any atom is -0.391 e. The van der Waals surface area contributed by atoms with Gasteiger partial charge in [-0.3, -0.25) is 4.79 Å². The summed E-state index contributed by atoms with van der Waals surface area (Å²) in [5, 5.41) is 14.7. The summed E-state index contributed by atoms with van der Waals surface area (Å²) in [6, 6.07) is 5.81. The topological polar surface area (TPSA) is 78.4 Å². The zero-order valence-electron chi connectivity index (χ0n) is 18.8. The number of carbonyl (C=O) groups excluding carboxylic acids is 1. The molecular weight excluding hydrogens is 419 g/mol. The van der Waals surface area contributed by atoms with Crippen LogP contribution in [-0.4, -0.2) is 45.1 Å². The number of aliphatic hydroxyl groups excluding tert-OH is 1. The van der Waals surface area contributed by atoms with Gasteiger partial charge in [-0.15, -0.1) is 0 Å². The molecular formula is C26H31FN4O2. The predicted octanol–water partition coefficient (Wildman–Crippen LogP) is 3.80. The van der Waals surface area contributed by atoms with E-state index in [0.29, 0.717) is 31.6 Å². The number of fused-ring (bicyclic) bond motifs is 1. The van der Waals surface area contributed by atoms with E-state index in [1.165, 1.54) is 57.0 Å². The molecule has 5 aliphatic rings. The van der Waals surface area contributed by atoms with Crippen molar-refractivity contribution < 1.29 is 14.3 Å². The third kappa shape index (κ3) is 3.80. The van der Waals surface area contributed by atoms with Crippen LogP contribution in [0.2, 0.25) is 0 Å². The van der Waals surface area contributed by atoms with Crippen molar-refractivity contribution in [1.82, 2.24) is 14.9 Å². The lowest BCUT2D eigenvalue weighted by Gasteiger charge is -2.58. The number of carbonyl (C=O) groups is 1. The van der Waals surface area contributed by atoms with Crippen molar-refractivity contribution in [3.63, 3.8) is 0 Å². The van der Waals surface area contributed by atoms with Crippen LogP contribution in [0.25, 0.3) is 0 Å². The number of anilines is 1. The minimum atomic E-state index is -0.412. The van der Waals surface area contributed by atoms with Crippen molar-refractivity contribution in [1.29, 1.82) is 0 Å². The number of nitrogens with one attached hydrogen (secondary N) is 1. The number of rotatable bonds is 5. The normalized spacial score (nSPS) is 30.7. The molecule has 6 nitrogen and oxygen atoms in total. The third-order valence-electron chi connectivity index (χ3n) is 8.62. The standard InChI is InChI=1S/C26H31FN4O2/c27-20-3-1-2-19(9-20)25(33)31-5-4-21-22(14-31)29-15-30-24(21)28-13-23(32)26-10-16-6-17(11-26)8-18(7-16)12-26/h1-3,9,15-18,23,32H,4-8,10-14H2,(H,28,29,30). The Bertz CT molecular complexity index is 1040. The molecule has 174 valence electrons. The SMILES string of the molecule is O=C(c1cccc(F)c1)N1CCc2c(ncnc2NCC(O)C23CC4CC(CC(C4)C2)C3)C1. The highest BCUT2D eigenvalue weighted by atomic mass is 19.1.